The Morgan fingerprint density at radius 2 is 0.639 bits per heavy atom. The Kier molecular flexibility index (Phi) is 11.6. The highest BCUT2D eigenvalue weighted by Crippen LogP contribution is 2.40. The van der Waals surface area contributed by atoms with Crippen molar-refractivity contribution in [2.75, 3.05) is 4.90 Å². The summed E-state index contributed by atoms with van der Waals surface area (Å²) in [6, 6.07) is 84.5. The van der Waals surface area contributed by atoms with Crippen LogP contribution in [0.3, 0.4) is 0 Å². The predicted molar refractivity (Wildman–Crippen MR) is 294 cm³/mol. The number of imidazole rings is 1. The third-order valence-electron chi connectivity index (χ3n) is 13.0. The first-order chi connectivity index (χ1) is 35.5. The molecule has 0 saturated carbocycles. The van der Waals surface area contributed by atoms with E-state index in [0.29, 0.717) is 17.5 Å². The molecule has 0 N–H and O–H groups in total. The van der Waals surface area contributed by atoms with Crippen LogP contribution < -0.4 is 4.90 Å². The van der Waals surface area contributed by atoms with Gasteiger partial charge in [-0.25, -0.2) is 19.9 Å². The smallest absolute Gasteiger partial charge is 0.164 e. The summed E-state index contributed by atoms with van der Waals surface area (Å²) >= 11 is 0. The van der Waals surface area contributed by atoms with Crippen LogP contribution in [0.15, 0.2) is 249 Å². The quantitative estimate of drug-likeness (QED) is 0.129. The number of benzene rings is 8. The fourth-order valence-corrected chi connectivity index (χ4v) is 9.49. The van der Waals surface area contributed by atoms with Gasteiger partial charge in [0.25, 0.3) is 0 Å². The van der Waals surface area contributed by atoms with Crippen molar-refractivity contribution in [2.24, 2.45) is 0 Å². The highest BCUT2D eigenvalue weighted by atomic mass is 15.1. The summed E-state index contributed by atoms with van der Waals surface area (Å²) in [5.41, 5.74) is 19.6. The standard InChI is InChI=1S/C65H47N7/c1-44-42-59(43-45(2)66-44)72(58-39-35-53(36-40-58)62-61(52-18-10-5-11-19-52)67-60-20-12-13-41-71(60)62)57-37-33-51(34-38-57)50-25-31-56(32-26-50)65-69-63(54-27-21-48(22-28-54)46-14-6-3-7-15-46)68-64(70-65)55-29-23-49(24-30-55)47-16-8-4-9-17-47/h3-43H,1-2H3. The summed E-state index contributed by atoms with van der Waals surface area (Å²) in [6.45, 7) is 4.09. The Labute approximate surface area is 419 Å². The topological polar surface area (TPSA) is 72.1 Å². The van der Waals surface area contributed by atoms with E-state index in [4.69, 9.17) is 24.9 Å². The number of aryl methyl sites for hydroxylation is 2. The third-order valence-corrected chi connectivity index (χ3v) is 13.0. The van der Waals surface area contributed by atoms with Crippen LogP contribution in [-0.2, 0) is 0 Å². The van der Waals surface area contributed by atoms with Gasteiger partial charge in [-0.1, -0.05) is 194 Å². The summed E-state index contributed by atoms with van der Waals surface area (Å²) in [4.78, 5) is 27.3. The second kappa shape index (κ2) is 19.1. The van der Waals surface area contributed by atoms with E-state index >= 15 is 0 Å². The van der Waals surface area contributed by atoms with Crippen molar-refractivity contribution in [2.45, 2.75) is 13.8 Å². The Morgan fingerprint density at radius 1 is 0.292 bits per heavy atom. The number of anilines is 3. The molecule has 8 aromatic carbocycles. The van der Waals surface area contributed by atoms with Crippen molar-refractivity contribution >= 4 is 22.7 Å². The number of pyridine rings is 2. The molecule has 0 saturated heterocycles. The van der Waals surface area contributed by atoms with Gasteiger partial charge in [-0.15, -0.1) is 0 Å². The lowest BCUT2D eigenvalue weighted by Gasteiger charge is -2.26. The number of rotatable bonds is 11. The number of fused-ring (bicyclic) bond motifs is 1. The minimum absolute atomic E-state index is 0.610. The van der Waals surface area contributed by atoms with E-state index in [1.807, 2.05) is 38.1 Å². The SMILES string of the molecule is Cc1cc(N(c2ccc(-c3ccc(-c4nc(-c5ccc(-c6ccccc6)cc5)nc(-c5ccc(-c6ccccc6)cc5)n4)cc3)cc2)c2ccc(-c3c(-c4ccccc4)nc4ccccn34)cc2)cc(C)n1. The maximum absolute atomic E-state index is 5.09. The molecule has 0 aliphatic heterocycles. The van der Waals surface area contributed by atoms with Gasteiger partial charge in [-0.2, -0.15) is 0 Å². The maximum atomic E-state index is 5.09. The molecular formula is C65H47N7. The van der Waals surface area contributed by atoms with Crippen molar-refractivity contribution in [1.82, 2.24) is 29.3 Å². The molecule has 0 unspecified atom stereocenters. The van der Waals surface area contributed by atoms with E-state index in [9.17, 15) is 0 Å². The average molecular weight is 926 g/mol. The van der Waals surface area contributed by atoms with Crippen molar-refractivity contribution in [3.05, 3.63) is 260 Å². The maximum Gasteiger partial charge on any atom is 0.164 e. The summed E-state index contributed by atoms with van der Waals surface area (Å²) in [5.74, 6) is 1.85. The van der Waals surface area contributed by atoms with E-state index < -0.39 is 0 Å². The average Bonchev–Trinajstić information content (AvgIpc) is 3.84. The monoisotopic (exact) mass is 925 g/mol. The molecule has 0 aliphatic rings. The van der Waals surface area contributed by atoms with Gasteiger partial charge in [-0.05, 0) is 95.8 Å². The Hall–Kier alpha value is -9.59. The van der Waals surface area contributed by atoms with Gasteiger partial charge >= 0.3 is 0 Å². The molecule has 4 aromatic heterocycles. The molecule has 12 rings (SSSR count). The van der Waals surface area contributed by atoms with Crippen molar-refractivity contribution in [3.8, 4) is 90.1 Å². The van der Waals surface area contributed by atoms with Gasteiger partial charge in [0.2, 0.25) is 0 Å². The van der Waals surface area contributed by atoms with E-state index in [0.717, 1.165) is 107 Å². The largest absolute Gasteiger partial charge is 0.310 e. The van der Waals surface area contributed by atoms with Crippen LogP contribution in [0, 0.1) is 13.8 Å². The molecule has 0 amide bonds. The molecule has 7 nitrogen and oxygen atoms in total. The zero-order chi connectivity index (χ0) is 48.4. The van der Waals surface area contributed by atoms with Crippen LogP contribution in [0.5, 0.6) is 0 Å². The van der Waals surface area contributed by atoms with Crippen molar-refractivity contribution in [3.63, 3.8) is 0 Å². The lowest BCUT2D eigenvalue weighted by Crippen LogP contribution is -2.11. The first kappa shape index (κ1) is 43.7. The number of aromatic nitrogens is 6. The second-order valence-electron chi connectivity index (χ2n) is 17.9. The van der Waals surface area contributed by atoms with Crippen LogP contribution in [0.4, 0.5) is 17.1 Å². The Balaban J connectivity index is 0.863. The lowest BCUT2D eigenvalue weighted by atomic mass is 10.0. The first-order valence-electron chi connectivity index (χ1n) is 24.1. The van der Waals surface area contributed by atoms with Gasteiger partial charge in [0.1, 0.15) is 5.65 Å². The molecule has 7 heteroatoms. The van der Waals surface area contributed by atoms with Crippen LogP contribution in [0.25, 0.3) is 95.7 Å². The fraction of sp³-hybridized carbons (Fsp3) is 0.0308. The molecule has 4 heterocycles. The van der Waals surface area contributed by atoms with Gasteiger partial charge in [0, 0.05) is 62.5 Å². The second-order valence-corrected chi connectivity index (χ2v) is 17.9. The predicted octanol–water partition coefficient (Wildman–Crippen LogP) is 16.3. The first-order valence-corrected chi connectivity index (χ1v) is 24.1. The number of hydrogen-bond acceptors (Lipinski definition) is 6. The summed E-state index contributed by atoms with van der Waals surface area (Å²) in [6.07, 6.45) is 2.08. The molecule has 342 valence electrons. The minimum Gasteiger partial charge on any atom is -0.310 e. The van der Waals surface area contributed by atoms with Gasteiger partial charge < -0.3 is 4.90 Å². The molecule has 12 aromatic rings. The summed E-state index contributed by atoms with van der Waals surface area (Å²) in [5, 5.41) is 0. The van der Waals surface area contributed by atoms with Crippen LogP contribution in [0.2, 0.25) is 0 Å². The zero-order valence-corrected chi connectivity index (χ0v) is 39.8. The fourth-order valence-electron chi connectivity index (χ4n) is 9.49. The molecule has 0 atom stereocenters. The van der Waals surface area contributed by atoms with E-state index in [1.54, 1.807) is 0 Å². The highest BCUT2D eigenvalue weighted by molar-refractivity contribution is 5.85. The van der Waals surface area contributed by atoms with E-state index in [2.05, 4.69) is 234 Å². The number of hydrogen-bond donors (Lipinski definition) is 0. The molecule has 72 heavy (non-hydrogen) atoms. The minimum atomic E-state index is 0.610. The Morgan fingerprint density at radius 3 is 1.07 bits per heavy atom. The summed E-state index contributed by atoms with van der Waals surface area (Å²) in [7, 11) is 0. The van der Waals surface area contributed by atoms with Gasteiger partial charge in [0.05, 0.1) is 11.4 Å². The molecule has 0 bridgehead atoms. The highest BCUT2D eigenvalue weighted by Gasteiger charge is 2.19. The van der Waals surface area contributed by atoms with Crippen LogP contribution in [-0.4, -0.2) is 29.3 Å². The molecule has 0 aliphatic carbocycles. The molecule has 0 radical (unpaired) electrons. The zero-order valence-electron chi connectivity index (χ0n) is 39.8. The molecular weight excluding hydrogens is 879 g/mol. The van der Waals surface area contributed by atoms with E-state index in [-0.39, 0.29) is 0 Å². The van der Waals surface area contributed by atoms with E-state index in [1.165, 1.54) is 0 Å². The molecule has 0 spiro atoms. The number of nitrogens with zero attached hydrogens (tertiary/aromatic N) is 7. The van der Waals surface area contributed by atoms with Crippen LogP contribution >= 0.6 is 0 Å². The van der Waals surface area contributed by atoms with Gasteiger partial charge in [-0.3, -0.25) is 9.38 Å². The third kappa shape index (κ3) is 8.83. The van der Waals surface area contributed by atoms with Crippen molar-refractivity contribution < 1.29 is 0 Å². The Bertz CT molecular complexity index is 3700. The van der Waals surface area contributed by atoms with Crippen LogP contribution in [0.1, 0.15) is 11.4 Å². The normalized spacial score (nSPS) is 11.2. The van der Waals surface area contributed by atoms with Crippen molar-refractivity contribution in [1.29, 1.82) is 0 Å². The van der Waals surface area contributed by atoms with Gasteiger partial charge in [0.15, 0.2) is 17.5 Å². The summed E-state index contributed by atoms with van der Waals surface area (Å²) < 4.78 is 2.17. The lowest BCUT2D eigenvalue weighted by molar-refractivity contribution is 1.07. The molecule has 0 fully saturated rings.